The molecule has 0 saturated carbocycles. The normalized spacial score (nSPS) is 37.3. The van der Waals surface area contributed by atoms with Gasteiger partial charge in [0.25, 0.3) is 0 Å². The number of phosphoric acid groups is 3. The highest BCUT2D eigenvalue weighted by Gasteiger charge is 2.49. The number of hydrogen-bond donors (Lipinski definition) is 3. The Balaban J connectivity index is 2.04. The van der Waals surface area contributed by atoms with Gasteiger partial charge in [-0.3, -0.25) is 31.7 Å². The van der Waals surface area contributed by atoms with E-state index < -0.39 is 85.4 Å². The van der Waals surface area contributed by atoms with Gasteiger partial charge < -0.3 is 24.8 Å². The lowest BCUT2D eigenvalue weighted by Gasteiger charge is -2.26. The highest BCUT2D eigenvalue weighted by atomic mass is 31.3. The number of phosphoric ester groups is 3. The Morgan fingerprint density at radius 2 is 1.23 bits per heavy atom. The molecule has 2 aliphatic heterocycles. The van der Waals surface area contributed by atoms with Gasteiger partial charge in [0.2, 0.25) is 0 Å². The number of aliphatic hydroxyl groups is 3. The Kier molecular flexibility index (Phi) is 11.6. The minimum absolute atomic E-state index is 0.550. The monoisotopic (exact) mass is 572 g/mol. The SMILES string of the molecule is BC1OC(COP(=O)(OC)OP(=O)(OC)OCC2OC(C)C(O)C2O)C(OP(=O)(OC)OC)C1O. The Hall–Kier alpha value is 0.235. The smallest absolute Gasteiger partial charge is 0.388 e. The van der Waals surface area contributed by atoms with E-state index in [0.717, 1.165) is 28.4 Å². The zero-order valence-electron chi connectivity index (χ0n) is 20.0. The average Bonchev–Trinajstić information content (AvgIpc) is 3.25. The van der Waals surface area contributed by atoms with Crippen LogP contribution in [0.25, 0.3) is 0 Å². The van der Waals surface area contributed by atoms with E-state index in [9.17, 15) is 29.0 Å². The molecule has 10 atom stereocenters. The molecule has 35 heavy (non-hydrogen) atoms. The van der Waals surface area contributed by atoms with Crippen LogP contribution in [0.15, 0.2) is 0 Å². The van der Waals surface area contributed by atoms with E-state index >= 15 is 0 Å². The van der Waals surface area contributed by atoms with E-state index in [2.05, 4.69) is 0 Å². The molecule has 0 aromatic heterocycles. The standard InChI is InChI=1S/C15H32BO16P3/c1-8-11(17)12(18)9(29-8)6-27-34(21,25-4)32-35(22,26-5)28-7-10-14(13(19)15(16)30-10)31-33(20,23-2)24-3/h8-15,17-19H,6-7,16H2,1-5H3. The van der Waals surface area contributed by atoms with Gasteiger partial charge in [0.1, 0.15) is 44.5 Å². The largest absolute Gasteiger partial charge is 0.483 e. The van der Waals surface area contributed by atoms with Crippen molar-refractivity contribution in [3.63, 3.8) is 0 Å². The summed E-state index contributed by atoms with van der Waals surface area (Å²) >= 11 is 0. The summed E-state index contributed by atoms with van der Waals surface area (Å²) in [4.78, 5) is 0. The highest BCUT2D eigenvalue weighted by molar-refractivity contribution is 7.62. The molecule has 2 fully saturated rings. The van der Waals surface area contributed by atoms with Crippen LogP contribution in [0.5, 0.6) is 0 Å². The summed E-state index contributed by atoms with van der Waals surface area (Å²) < 4.78 is 88.2. The van der Waals surface area contributed by atoms with Crippen molar-refractivity contribution in [2.24, 2.45) is 0 Å². The third-order valence-corrected chi connectivity index (χ3v) is 10.1. The molecule has 0 bridgehead atoms. The molecule has 2 aliphatic rings. The first kappa shape index (κ1) is 31.5. The van der Waals surface area contributed by atoms with Crippen LogP contribution in [0, 0.1) is 0 Å². The summed E-state index contributed by atoms with van der Waals surface area (Å²) in [5, 5.41) is 30.0. The number of hydrogen-bond acceptors (Lipinski definition) is 16. The summed E-state index contributed by atoms with van der Waals surface area (Å²) in [7, 11) is -7.73. The van der Waals surface area contributed by atoms with E-state index in [1.54, 1.807) is 0 Å². The topological polar surface area (TPSA) is 204 Å². The van der Waals surface area contributed by atoms with E-state index in [1.807, 2.05) is 0 Å². The van der Waals surface area contributed by atoms with Crippen molar-refractivity contribution in [1.29, 1.82) is 0 Å². The van der Waals surface area contributed by atoms with Gasteiger partial charge in [-0.2, -0.15) is 4.31 Å². The van der Waals surface area contributed by atoms with Crippen LogP contribution >= 0.6 is 23.5 Å². The fraction of sp³-hybridized carbons (Fsp3) is 1.00. The molecule has 2 rings (SSSR count). The lowest BCUT2D eigenvalue weighted by atomic mass is 9.93. The molecule has 0 aromatic carbocycles. The third-order valence-electron chi connectivity index (χ3n) is 5.31. The van der Waals surface area contributed by atoms with Gasteiger partial charge >= 0.3 is 23.5 Å². The Morgan fingerprint density at radius 1 is 0.743 bits per heavy atom. The summed E-state index contributed by atoms with van der Waals surface area (Å²) in [6.07, 6.45) is -8.03. The molecule has 0 radical (unpaired) electrons. The Labute approximate surface area is 203 Å². The van der Waals surface area contributed by atoms with Crippen molar-refractivity contribution >= 4 is 31.3 Å². The third kappa shape index (κ3) is 7.87. The van der Waals surface area contributed by atoms with Crippen LogP contribution < -0.4 is 0 Å². The van der Waals surface area contributed by atoms with Crippen molar-refractivity contribution in [3.8, 4) is 0 Å². The number of rotatable bonds is 14. The van der Waals surface area contributed by atoms with Gasteiger partial charge in [-0.25, -0.2) is 13.7 Å². The second-order valence-corrected chi connectivity index (χ2v) is 13.1. The summed E-state index contributed by atoms with van der Waals surface area (Å²) in [6.45, 7) is 0.361. The first-order valence-corrected chi connectivity index (χ1v) is 14.7. The average molecular weight is 572 g/mol. The first-order valence-electron chi connectivity index (χ1n) is 10.3. The van der Waals surface area contributed by atoms with Crippen molar-refractivity contribution < 1.29 is 74.5 Å². The minimum Gasteiger partial charge on any atom is -0.388 e. The van der Waals surface area contributed by atoms with E-state index in [1.165, 1.54) is 14.8 Å². The molecular weight excluding hydrogens is 540 g/mol. The van der Waals surface area contributed by atoms with E-state index in [0.29, 0.717) is 0 Å². The van der Waals surface area contributed by atoms with Crippen molar-refractivity contribution in [2.75, 3.05) is 41.7 Å². The zero-order chi connectivity index (χ0) is 26.6. The lowest BCUT2D eigenvalue weighted by molar-refractivity contribution is -0.0218. The summed E-state index contributed by atoms with van der Waals surface area (Å²) in [5.74, 6) is 0. The van der Waals surface area contributed by atoms with Gasteiger partial charge in [0.05, 0.1) is 25.3 Å². The molecule has 16 nitrogen and oxygen atoms in total. The van der Waals surface area contributed by atoms with Gasteiger partial charge in [-0.15, -0.1) is 0 Å². The number of aliphatic hydroxyl groups excluding tert-OH is 3. The van der Waals surface area contributed by atoms with Crippen molar-refractivity contribution in [3.05, 3.63) is 0 Å². The van der Waals surface area contributed by atoms with Gasteiger partial charge in [-0.05, 0) is 6.92 Å². The van der Waals surface area contributed by atoms with E-state index in [4.69, 9.17) is 45.5 Å². The summed E-state index contributed by atoms with van der Waals surface area (Å²) in [6, 6.07) is -0.803. The fourth-order valence-electron chi connectivity index (χ4n) is 3.24. The zero-order valence-corrected chi connectivity index (χ0v) is 22.7. The molecule has 20 heteroatoms. The minimum atomic E-state index is -4.64. The van der Waals surface area contributed by atoms with Crippen LogP contribution in [0.3, 0.4) is 0 Å². The second kappa shape index (κ2) is 12.9. The van der Waals surface area contributed by atoms with Crippen molar-refractivity contribution in [1.82, 2.24) is 0 Å². The first-order chi connectivity index (χ1) is 16.3. The fourth-order valence-corrected chi connectivity index (χ4v) is 6.88. The van der Waals surface area contributed by atoms with Gasteiger partial charge in [-0.1, -0.05) is 0 Å². The van der Waals surface area contributed by atoms with Crippen molar-refractivity contribution in [2.45, 2.75) is 55.7 Å². The molecule has 10 unspecified atom stereocenters. The summed E-state index contributed by atoms with van der Waals surface area (Å²) in [5.41, 5.74) is 0. The molecule has 0 spiro atoms. The van der Waals surface area contributed by atoms with Crippen LogP contribution in [-0.2, 0) is 59.1 Å². The van der Waals surface area contributed by atoms with Crippen LogP contribution in [0.4, 0.5) is 0 Å². The molecule has 0 amide bonds. The maximum Gasteiger partial charge on any atom is 0.483 e. The van der Waals surface area contributed by atoms with E-state index in [-0.39, 0.29) is 0 Å². The molecule has 2 saturated heterocycles. The molecule has 0 aliphatic carbocycles. The molecule has 206 valence electrons. The maximum atomic E-state index is 13.0. The quantitative estimate of drug-likeness (QED) is 0.178. The highest BCUT2D eigenvalue weighted by Crippen LogP contribution is 2.65. The van der Waals surface area contributed by atoms with Gasteiger partial charge in [0.15, 0.2) is 0 Å². The Morgan fingerprint density at radius 3 is 1.66 bits per heavy atom. The number of ether oxygens (including phenoxy) is 2. The molecule has 3 N–H and O–H groups in total. The molecular formula is C15H32BO16P3. The Bertz CT molecular complexity index is 824. The maximum absolute atomic E-state index is 13.0. The second-order valence-electron chi connectivity index (χ2n) is 7.55. The van der Waals surface area contributed by atoms with Crippen LogP contribution in [0.2, 0.25) is 0 Å². The van der Waals surface area contributed by atoms with Crippen LogP contribution in [-0.4, -0.2) is 114 Å². The van der Waals surface area contributed by atoms with Gasteiger partial charge in [0, 0.05) is 28.4 Å². The molecule has 2 heterocycles. The predicted octanol–water partition coefficient (Wildman–Crippen LogP) is -0.441. The van der Waals surface area contributed by atoms with Crippen LogP contribution in [0.1, 0.15) is 6.92 Å². The predicted molar refractivity (Wildman–Crippen MR) is 118 cm³/mol. The lowest BCUT2D eigenvalue weighted by Crippen LogP contribution is -2.36. The molecule has 0 aromatic rings.